The predicted octanol–water partition coefficient (Wildman–Crippen LogP) is 4.52. The number of carboxylic acid groups (broad SMARTS) is 1. The summed E-state index contributed by atoms with van der Waals surface area (Å²) in [5.74, 6) is -1.38. The Balaban J connectivity index is 2.18. The van der Waals surface area contributed by atoms with E-state index in [0.29, 0.717) is 16.3 Å². The zero-order chi connectivity index (χ0) is 14.7. The van der Waals surface area contributed by atoms with Crippen LogP contribution in [0, 0.1) is 5.82 Å². The molecule has 0 atom stereocenters. The van der Waals surface area contributed by atoms with Crippen LogP contribution in [-0.2, 0) is 6.61 Å². The highest BCUT2D eigenvalue weighted by atomic mass is 79.9. The monoisotopic (exact) mass is 358 g/mol. The highest BCUT2D eigenvalue weighted by Crippen LogP contribution is 2.28. The van der Waals surface area contributed by atoms with Crippen molar-refractivity contribution >= 4 is 33.5 Å². The minimum atomic E-state index is -1.19. The van der Waals surface area contributed by atoms with Gasteiger partial charge in [-0.15, -0.1) is 0 Å². The summed E-state index contributed by atoms with van der Waals surface area (Å²) in [5.41, 5.74) is 0.294. The Labute approximate surface area is 128 Å². The lowest BCUT2D eigenvalue weighted by Gasteiger charge is -2.09. The fourth-order valence-electron chi connectivity index (χ4n) is 1.61. The van der Waals surface area contributed by atoms with Crippen molar-refractivity contribution in [1.82, 2.24) is 0 Å². The van der Waals surface area contributed by atoms with Crippen molar-refractivity contribution in [3.05, 3.63) is 62.8 Å². The van der Waals surface area contributed by atoms with Crippen molar-refractivity contribution in [2.45, 2.75) is 6.61 Å². The minimum absolute atomic E-state index is 0.0220. The number of benzene rings is 2. The molecule has 0 fully saturated rings. The van der Waals surface area contributed by atoms with Gasteiger partial charge in [-0.1, -0.05) is 27.5 Å². The maximum Gasteiger partial charge on any atom is 0.335 e. The maximum atomic E-state index is 13.3. The Kier molecular flexibility index (Phi) is 4.62. The van der Waals surface area contributed by atoms with Crippen LogP contribution >= 0.6 is 27.5 Å². The Hall–Kier alpha value is -1.59. The quantitative estimate of drug-likeness (QED) is 0.873. The summed E-state index contributed by atoms with van der Waals surface area (Å²) in [6, 6.07) is 8.64. The van der Waals surface area contributed by atoms with E-state index in [-0.39, 0.29) is 12.2 Å². The van der Waals surface area contributed by atoms with E-state index in [1.807, 2.05) is 0 Å². The summed E-state index contributed by atoms with van der Waals surface area (Å²) < 4.78 is 19.6. The van der Waals surface area contributed by atoms with Gasteiger partial charge in [0, 0.05) is 4.47 Å². The molecule has 20 heavy (non-hydrogen) atoms. The van der Waals surface area contributed by atoms with Gasteiger partial charge in [0.05, 0.1) is 10.6 Å². The van der Waals surface area contributed by atoms with Gasteiger partial charge >= 0.3 is 5.97 Å². The number of hydrogen-bond donors (Lipinski definition) is 1. The summed E-state index contributed by atoms with van der Waals surface area (Å²) in [5, 5.41) is 9.28. The van der Waals surface area contributed by atoms with E-state index in [1.165, 1.54) is 12.1 Å². The third-order valence-electron chi connectivity index (χ3n) is 2.49. The largest absolute Gasteiger partial charge is 0.487 e. The SMILES string of the molecule is O=C(O)c1cc(F)cc(COc2cc(Br)ccc2Cl)c1. The van der Waals surface area contributed by atoms with Crippen LogP contribution in [0.1, 0.15) is 15.9 Å². The Morgan fingerprint density at radius 3 is 2.75 bits per heavy atom. The second-order valence-electron chi connectivity index (χ2n) is 4.02. The van der Waals surface area contributed by atoms with Crippen molar-refractivity contribution in [2.75, 3.05) is 0 Å². The fourth-order valence-corrected chi connectivity index (χ4v) is 2.12. The number of carboxylic acids is 1. The molecule has 0 saturated heterocycles. The maximum absolute atomic E-state index is 13.3. The van der Waals surface area contributed by atoms with Gasteiger partial charge in [-0.25, -0.2) is 9.18 Å². The third-order valence-corrected chi connectivity index (χ3v) is 3.30. The van der Waals surface area contributed by atoms with Gasteiger partial charge in [0.1, 0.15) is 18.2 Å². The van der Waals surface area contributed by atoms with E-state index < -0.39 is 11.8 Å². The smallest absolute Gasteiger partial charge is 0.335 e. The molecule has 0 aliphatic carbocycles. The molecule has 6 heteroatoms. The molecule has 0 amide bonds. The van der Waals surface area contributed by atoms with E-state index in [1.54, 1.807) is 18.2 Å². The molecule has 0 aliphatic rings. The molecule has 1 N–H and O–H groups in total. The molecule has 0 saturated carbocycles. The average Bonchev–Trinajstić information content (AvgIpc) is 2.39. The Morgan fingerprint density at radius 2 is 2.05 bits per heavy atom. The molecule has 2 rings (SSSR count). The first-order chi connectivity index (χ1) is 9.45. The van der Waals surface area contributed by atoms with Crippen LogP contribution in [0.15, 0.2) is 40.9 Å². The molecule has 0 heterocycles. The van der Waals surface area contributed by atoms with Crippen LogP contribution in [-0.4, -0.2) is 11.1 Å². The number of aromatic carboxylic acids is 1. The molecule has 0 aliphatic heterocycles. The van der Waals surface area contributed by atoms with Crippen LogP contribution < -0.4 is 4.74 Å². The topological polar surface area (TPSA) is 46.5 Å². The normalized spacial score (nSPS) is 10.3. The lowest BCUT2D eigenvalue weighted by molar-refractivity contribution is 0.0696. The lowest BCUT2D eigenvalue weighted by Crippen LogP contribution is -2.02. The molecule has 2 aromatic carbocycles. The van der Waals surface area contributed by atoms with Crippen molar-refractivity contribution in [1.29, 1.82) is 0 Å². The number of carbonyl (C=O) groups is 1. The zero-order valence-corrected chi connectivity index (χ0v) is 12.4. The van der Waals surface area contributed by atoms with Crippen LogP contribution in [0.5, 0.6) is 5.75 Å². The molecule has 3 nitrogen and oxygen atoms in total. The van der Waals surface area contributed by atoms with Gasteiger partial charge in [0.2, 0.25) is 0 Å². The van der Waals surface area contributed by atoms with Crippen molar-refractivity contribution < 1.29 is 19.0 Å². The van der Waals surface area contributed by atoms with E-state index in [0.717, 1.165) is 10.5 Å². The molecule has 104 valence electrons. The summed E-state index contributed by atoms with van der Waals surface area (Å²) in [6.07, 6.45) is 0. The van der Waals surface area contributed by atoms with Gasteiger partial charge in [0.15, 0.2) is 0 Å². The number of ether oxygens (including phenoxy) is 1. The first-order valence-electron chi connectivity index (χ1n) is 5.56. The molecular formula is C14H9BrClFO3. The molecular weight excluding hydrogens is 351 g/mol. The first-order valence-corrected chi connectivity index (χ1v) is 6.73. The minimum Gasteiger partial charge on any atom is -0.487 e. The van der Waals surface area contributed by atoms with Crippen molar-refractivity contribution in [3.63, 3.8) is 0 Å². The molecule has 0 aromatic heterocycles. The summed E-state index contributed by atoms with van der Waals surface area (Å²) in [4.78, 5) is 10.8. The highest BCUT2D eigenvalue weighted by molar-refractivity contribution is 9.10. The van der Waals surface area contributed by atoms with Gasteiger partial charge < -0.3 is 9.84 Å². The van der Waals surface area contributed by atoms with Gasteiger partial charge in [-0.2, -0.15) is 0 Å². The molecule has 0 unspecified atom stereocenters. The zero-order valence-electron chi connectivity index (χ0n) is 10.1. The van der Waals surface area contributed by atoms with Crippen LogP contribution in [0.3, 0.4) is 0 Å². The van der Waals surface area contributed by atoms with Gasteiger partial charge in [-0.05, 0) is 42.0 Å². The third kappa shape index (κ3) is 3.71. The number of halogens is 3. The number of hydrogen-bond acceptors (Lipinski definition) is 2. The van der Waals surface area contributed by atoms with E-state index in [2.05, 4.69) is 15.9 Å². The van der Waals surface area contributed by atoms with Crippen molar-refractivity contribution in [3.8, 4) is 5.75 Å². The molecule has 0 bridgehead atoms. The predicted molar refractivity (Wildman–Crippen MR) is 76.8 cm³/mol. The second-order valence-corrected chi connectivity index (χ2v) is 5.34. The van der Waals surface area contributed by atoms with E-state index in [4.69, 9.17) is 21.4 Å². The van der Waals surface area contributed by atoms with Crippen LogP contribution in [0.4, 0.5) is 4.39 Å². The molecule has 2 aromatic rings. The average molecular weight is 360 g/mol. The second kappa shape index (κ2) is 6.24. The summed E-state index contributed by atoms with van der Waals surface area (Å²) in [7, 11) is 0. The van der Waals surface area contributed by atoms with Crippen LogP contribution in [0.25, 0.3) is 0 Å². The summed E-state index contributed by atoms with van der Waals surface area (Å²) >= 11 is 9.25. The highest BCUT2D eigenvalue weighted by Gasteiger charge is 2.08. The Bertz CT molecular complexity index is 661. The fraction of sp³-hybridized carbons (Fsp3) is 0.0714. The van der Waals surface area contributed by atoms with Crippen LogP contribution in [0.2, 0.25) is 5.02 Å². The van der Waals surface area contributed by atoms with Gasteiger partial charge in [0.25, 0.3) is 0 Å². The first kappa shape index (κ1) is 14.8. The Morgan fingerprint density at radius 1 is 1.30 bits per heavy atom. The summed E-state index contributed by atoms with van der Waals surface area (Å²) in [6.45, 7) is 0.0220. The number of rotatable bonds is 4. The van der Waals surface area contributed by atoms with Gasteiger partial charge in [-0.3, -0.25) is 0 Å². The standard InChI is InChI=1S/C14H9BrClFO3/c15-10-1-2-12(16)13(6-10)20-7-8-3-9(14(18)19)5-11(17)4-8/h1-6H,7H2,(H,18,19). The molecule has 0 spiro atoms. The van der Waals surface area contributed by atoms with E-state index in [9.17, 15) is 9.18 Å². The van der Waals surface area contributed by atoms with E-state index >= 15 is 0 Å². The van der Waals surface area contributed by atoms with Crippen molar-refractivity contribution in [2.24, 2.45) is 0 Å². The lowest BCUT2D eigenvalue weighted by atomic mass is 10.1. The molecule has 0 radical (unpaired) electrons.